The second-order valence-electron chi connectivity index (χ2n) is 6.14. The third kappa shape index (κ3) is 2.97. The summed E-state index contributed by atoms with van der Waals surface area (Å²) in [6.45, 7) is 1.99. The minimum atomic E-state index is -0.0634. The van der Waals surface area contributed by atoms with Crippen LogP contribution in [-0.2, 0) is 11.2 Å². The van der Waals surface area contributed by atoms with Gasteiger partial charge < -0.3 is 15.4 Å². The van der Waals surface area contributed by atoms with Crippen molar-refractivity contribution in [1.29, 1.82) is 0 Å². The Morgan fingerprint density at radius 1 is 1.19 bits per heavy atom. The minimum Gasteiger partial charge on any atom is -0.497 e. The number of ether oxygens (including phenoxy) is 1. The smallest absolute Gasteiger partial charge is 0.228 e. The largest absolute Gasteiger partial charge is 0.497 e. The van der Waals surface area contributed by atoms with E-state index >= 15 is 0 Å². The zero-order valence-corrected chi connectivity index (χ0v) is 14.5. The van der Waals surface area contributed by atoms with E-state index in [1.54, 1.807) is 13.3 Å². The van der Waals surface area contributed by atoms with Gasteiger partial charge in [0.05, 0.1) is 24.9 Å². The molecule has 0 fully saturated rings. The van der Waals surface area contributed by atoms with Crippen LogP contribution in [0.2, 0.25) is 0 Å². The molecule has 130 valence electrons. The molecule has 1 amide bonds. The number of benzene rings is 2. The molecule has 0 atom stereocenters. The number of anilines is 3. The topological polar surface area (TPSA) is 76.1 Å². The summed E-state index contributed by atoms with van der Waals surface area (Å²) in [4.78, 5) is 21.2. The van der Waals surface area contributed by atoms with Crippen LogP contribution in [0, 0.1) is 6.92 Å². The van der Waals surface area contributed by atoms with Crippen molar-refractivity contribution in [3.05, 3.63) is 59.8 Å². The quantitative estimate of drug-likeness (QED) is 0.756. The van der Waals surface area contributed by atoms with E-state index in [1.807, 2.05) is 49.4 Å². The van der Waals surface area contributed by atoms with E-state index in [9.17, 15) is 4.79 Å². The molecule has 2 N–H and O–H groups in total. The number of aromatic nitrogens is 2. The minimum absolute atomic E-state index is 0.0634. The highest BCUT2D eigenvalue weighted by Gasteiger charge is 2.20. The van der Waals surface area contributed by atoms with Crippen LogP contribution in [0.15, 0.2) is 48.7 Å². The van der Waals surface area contributed by atoms with Gasteiger partial charge in [-0.2, -0.15) is 0 Å². The molecule has 6 heteroatoms. The van der Waals surface area contributed by atoms with Crippen LogP contribution in [0.3, 0.4) is 0 Å². The highest BCUT2D eigenvalue weighted by Crippen LogP contribution is 2.33. The van der Waals surface area contributed by atoms with Crippen molar-refractivity contribution in [1.82, 2.24) is 9.97 Å². The first-order chi connectivity index (χ1) is 12.6. The van der Waals surface area contributed by atoms with Gasteiger partial charge in [-0.3, -0.25) is 4.79 Å². The van der Waals surface area contributed by atoms with Crippen molar-refractivity contribution in [2.45, 2.75) is 13.3 Å². The number of methoxy groups -OCH3 is 1. The molecule has 26 heavy (non-hydrogen) atoms. The maximum atomic E-state index is 12.1. The molecule has 1 aliphatic heterocycles. The van der Waals surface area contributed by atoms with Gasteiger partial charge in [0.1, 0.15) is 5.75 Å². The molecule has 1 aliphatic rings. The van der Waals surface area contributed by atoms with E-state index in [2.05, 4.69) is 20.6 Å². The molecule has 0 saturated heterocycles. The molecule has 1 aromatic heterocycles. The highest BCUT2D eigenvalue weighted by atomic mass is 16.5. The Balaban J connectivity index is 1.74. The van der Waals surface area contributed by atoms with Crippen molar-refractivity contribution in [2.75, 3.05) is 17.7 Å². The molecule has 0 unspecified atom stereocenters. The summed E-state index contributed by atoms with van der Waals surface area (Å²) in [5.74, 6) is 1.22. The van der Waals surface area contributed by atoms with Crippen molar-refractivity contribution in [2.24, 2.45) is 0 Å². The SMILES string of the molecule is COc1ccc(Nc2ncc3c(n2)-c2ccccc2NC(=O)C3)c(C)c1. The number of nitrogens with one attached hydrogen (secondary N) is 2. The lowest BCUT2D eigenvalue weighted by Crippen LogP contribution is -2.12. The lowest BCUT2D eigenvalue weighted by Gasteiger charge is -2.12. The molecule has 2 heterocycles. The van der Waals surface area contributed by atoms with Gasteiger partial charge in [0, 0.05) is 23.0 Å². The summed E-state index contributed by atoms with van der Waals surface area (Å²) >= 11 is 0. The van der Waals surface area contributed by atoms with Gasteiger partial charge in [0.2, 0.25) is 11.9 Å². The highest BCUT2D eigenvalue weighted by molar-refractivity contribution is 5.99. The molecule has 0 radical (unpaired) electrons. The summed E-state index contributed by atoms with van der Waals surface area (Å²) in [5, 5.41) is 6.17. The molecular formula is C20H18N4O2. The van der Waals surface area contributed by atoms with Crippen LogP contribution in [-0.4, -0.2) is 23.0 Å². The second-order valence-corrected chi connectivity index (χ2v) is 6.14. The number of fused-ring (bicyclic) bond motifs is 3. The Bertz CT molecular complexity index is 1000. The third-order valence-electron chi connectivity index (χ3n) is 4.35. The van der Waals surface area contributed by atoms with Gasteiger partial charge in [-0.05, 0) is 36.8 Å². The van der Waals surface area contributed by atoms with Crippen molar-refractivity contribution < 1.29 is 9.53 Å². The van der Waals surface area contributed by atoms with Crippen LogP contribution >= 0.6 is 0 Å². The fraction of sp³-hybridized carbons (Fsp3) is 0.150. The molecule has 0 saturated carbocycles. The Hall–Kier alpha value is -3.41. The van der Waals surface area contributed by atoms with Gasteiger partial charge >= 0.3 is 0 Å². The Kier molecular flexibility index (Phi) is 4.01. The number of hydrogen-bond acceptors (Lipinski definition) is 5. The Morgan fingerprint density at radius 3 is 2.85 bits per heavy atom. The van der Waals surface area contributed by atoms with Crippen molar-refractivity contribution >= 4 is 23.2 Å². The van der Waals surface area contributed by atoms with Gasteiger partial charge in [-0.25, -0.2) is 9.97 Å². The summed E-state index contributed by atoms with van der Waals surface area (Å²) in [7, 11) is 1.64. The maximum absolute atomic E-state index is 12.1. The van der Waals surface area contributed by atoms with E-state index in [-0.39, 0.29) is 12.3 Å². The van der Waals surface area contributed by atoms with E-state index < -0.39 is 0 Å². The van der Waals surface area contributed by atoms with Crippen LogP contribution in [0.5, 0.6) is 5.75 Å². The van der Waals surface area contributed by atoms with Gasteiger partial charge in [-0.1, -0.05) is 18.2 Å². The van der Waals surface area contributed by atoms with Crippen LogP contribution in [0.25, 0.3) is 11.3 Å². The fourth-order valence-corrected chi connectivity index (χ4v) is 3.02. The Morgan fingerprint density at radius 2 is 2.04 bits per heavy atom. The number of aryl methyl sites for hydroxylation is 1. The predicted octanol–water partition coefficient (Wildman–Crippen LogP) is 3.70. The molecule has 2 aromatic carbocycles. The monoisotopic (exact) mass is 346 g/mol. The van der Waals surface area contributed by atoms with E-state index in [4.69, 9.17) is 4.74 Å². The summed E-state index contributed by atoms with van der Waals surface area (Å²) in [6.07, 6.45) is 1.97. The average Bonchev–Trinajstić information content (AvgIpc) is 2.78. The molecule has 0 aliphatic carbocycles. The van der Waals surface area contributed by atoms with E-state index in [0.29, 0.717) is 5.95 Å². The van der Waals surface area contributed by atoms with Crippen molar-refractivity contribution in [3.8, 4) is 17.0 Å². The van der Waals surface area contributed by atoms with Crippen LogP contribution in [0.1, 0.15) is 11.1 Å². The number of nitrogens with zero attached hydrogens (tertiary/aromatic N) is 2. The first kappa shape index (κ1) is 16.1. The summed E-state index contributed by atoms with van der Waals surface area (Å²) in [5.41, 5.74) is 5.17. The number of carbonyl (C=O) groups excluding carboxylic acids is 1. The molecule has 6 nitrogen and oxygen atoms in total. The average molecular weight is 346 g/mol. The first-order valence-corrected chi connectivity index (χ1v) is 8.31. The first-order valence-electron chi connectivity index (χ1n) is 8.31. The molecule has 3 aromatic rings. The number of hydrogen-bond donors (Lipinski definition) is 2. The lowest BCUT2D eigenvalue weighted by atomic mass is 10.1. The zero-order valence-electron chi connectivity index (χ0n) is 14.5. The fourth-order valence-electron chi connectivity index (χ4n) is 3.02. The van der Waals surface area contributed by atoms with E-state index in [1.165, 1.54) is 0 Å². The number of para-hydroxylation sites is 1. The predicted molar refractivity (Wildman–Crippen MR) is 101 cm³/mol. The number of carbonyl (C=O) groups is 1. The number of amides is 1. The van der Waals surface area contributed by atoms with Crippen LogP contribution in [0.4, 0.5) is 17.3 Å². The molecular weight excluding hydrogens is 328 g/mol. The normalized spacial score (nSPS) is 12.5. The summed E-state index contributed by atoms with van der Waals surface area (Å²) in [6, 6.07) is 13.4. The Labute approximate surface area is 151 Å². The maximum Gasteiger partial charge on any atom is 0.228 e. The molecule has 0 spiro atoms. The standard InChI is InChI=1S/C20H18N4O2/c1-12-9-14(26-2)7-8-16(12)23-20-21-11-13-10-18(25)22-17-6-4-3-5-15(17)19(13)24-20/h3-9,11H,10H2,1-2H3,(H,22,25)(H,21,23,24). The second kappa shape index (κ2) is 6.48. The van der Waals surface area contributed by atoms with E-state index in [0.717, 1.165) is 39.5 Å². The van der Waals surface area contributed by atoms with Gasteiger partial charge in [-0.15, -0.1) is 0 Å². The van der Waals surface area contributed by atoms with Gasteiger partial charge in [0.25, 0.3) is 0 Å². The zero-order chi connectivity index (χ0) is 18.1. The summed E-state index contributed by atoms with van der Waals surface area (Å²) < 4.78 is 5.24. The molecule has 4 rings (SSSR count). The van der Waals surface area contributed by atoms with Gasteiger partial charge in [0.15, 0.2) is 0 Å². The number of rotatable bonds is 3. The molecule has 0 bridgehead atoms. The third-order valence-corrected chi connectivity index (χ3v) is 4.35. The van der Waals surface area contributed by atoms with Crippen LogP contribution < -0.4 is 15.4 Å². The van der Waals surface area contributed by atoms with Crippen molar-refractivity contribution in [3.63, 3.8) is 0 Å². The lowest BCUT2D eigenvalue weighted by molar-refractivity contribution is -0.115.